The van der Waals surface area contributed by atoms with Crippen molar-refractivity contribution >= 4 is 34.4 Å². The van der Waals surface area contributed by atoms with Crippen LogP contribution in [0.2, 0.25) is 0 Å². The highest BCUT2D eigenvalue weighted by atomic mass is 35.5. The molecule has 0 amide bonds. The van der Waals surface area contributed by atoms with Crippen molar-refractivity contribution in [1.29, 1.82) is 0 Å². The minimum absolute atomic E-state index is 0.0984. The SMILES string of the molecule is Cc1c(OCC(F)(F)F)ccnc1CSc1nc2ccc(OC(F)(F)Cl)cc2[nH]1. The van der Waals surface area contributed by atoms with Gasteiger partial charge in [-0.2, -0.15) is 13.2 Å². The third kappa shape index (κ3) is 6.10. The van der Waals surface area contributed by atoms with Crippen molar-refractivity contribution in [3.05, 3.63) is 41.7 Å². The third-order valence-corrected chi connectivity index (χ3v) is 4.62. The predicted octanol–water partition coefficient (Wildman–Crippen LogP) is 5.67. The van der Waals surface area contributed by atoms with E-state index in [4.69, 9.17) is 16.3 Å². The van der Waals surface area contributed by atoms with Crippen molar-refractivity contribution in [2.45, 2.75) is 29.6 Å². The Morgan fingerprint density at radius 2 is 1.93 bits per heavy atom. The summed E-state index contributed by atoms with van der Waals surface area (Å²) in [4.78, 5) is 11.4. The summed E-state index contributed by atoms with van der Waals surface area (Å²) in [5.41, 5.74) is -1.84. The molecular weight excluding hydrogens is 441 g/mol. The van der Waals surface area contributed by atoms with Gasteiger partial charge in [0.25, 0.3) is 0 Å². The van der Waals surface area contributed by atoms with Gasteiger partial charge in [0.2, 0.25) is 0 Å². The van der Waals surface area contributed by atoms with Crippen LogP contribution in [0.4, 0.5) is 22.0 Å². The molecule has 2 aromatic heterocycles. The molecule has 0 atom stereocenters. The van der Waals surface area contributed by atoms with Gasteiger partial charge < -0.3 is 14.5 Å². The maximum atomic E-state index is 12.7. The van der Waals surface area contributed by atoms with Crippen LogP contribution in [0.3, 0.4) is 0 Å². The summed E-state index contributed by atoms with van der Waals surface area (Å²) in [6.45, 7) is 0.225. The lowest BCUT2D eigenvalue weighted by molar-refractivity contribution is -0.153. The van der Waals surface area contributed by atoms with Gasteiger partial charge in [0.15, 0.2) is 11.8 Å². The maximum Gasteiger partial charge on any atom is 0.487 e. The monoisotopic (exact) mass is 453 g/mol. The number of aromatic nitrogens is 3. The standard InChI is InChI=1S/C17H13ClF5N3O2S/c1-9-13(24-5-4-14(9)27-8-16(19,20)21)7-29-15-25-11-3-2-10(6-12(11)26-15)28-17(18,22)23/h2-6H,7-8H2,1H3,(H,25,26). The van der Waals surface area contributed by atoms with Crippen molar-refractivity contribution in [2.24, 2.45) is 0 Å². The highest BCUT2D eigenvalue weighted by Crippen LogP contribution is 2.30. The first-order valence-electron chi connectivity index (χ1n) is 8.02. The second kappa shape index (κ2) is 8.23. The number of benzene rings is 1. The van der Waals surface area contributed by atoms with Crippen molar-refractivity contribution in [2.75, 3.05) is 6.61 Å². The van der Waals surface area contributed by atoms with Crippen LogP contribution >= 0.6 is 23.4 Å². The number of alkyl halides is 6. The minimum Gasteiger partial charge on any atom is -0.484 e. The van der Waals surface area contributed by atoms with Gasteiger partial charge in [0.05, 0.1) is 16.7 Å². The molecule has 29 heavy (non-hydrogen) atoms. The fraction of sp³-hybridized carbons (Fsp3) is 0.294. The van der Waals surface area contributed by atoms with Crippen molar-refractivity contribution in [3.8, 4) is 11.5 Å². The molecule has 12 heteroatoms. The molecule has 2 heterocycles. The lowest BCUT2D eigenvalue weighted by atomic mass is 10.2. The first-order valence-corrected chi connectivity index (χ1v) is 9.39. The lowest BCUT2D eigenvalue weighted by Crippen LogP contribution is -2.19. The topological polar surface area (TPSA) is 60.0 Å². The second-order valence-corrected chi connectivity index (χ2v) is 7.25. The highest BCUT2D eigenvalue weighted by Gasteiger charge is 2.29. The van der Waals surface area contributed by atoms with Crippen LogP contribution < -0.4 is 9.47 Å². The van der Waals surface area contributed by atoms with Crippen LogP contribution in [0.5, 0.6) is 11.5 Å². The third-order valence-electron chi connectivity index (χ3n) is 3.66. The number of rotatable bonds is 7. The molecule has 0 spiro atoms. The molecule has 1 N–H and O–H groups in total. The van der Waals surface area contributed by atoms with Gasteiger partial charge in [-0.1, -0.05) is 11.8 Å². The van der Waals surface area contributed by atoms with Crippen LogP contribution in [-0.2, 0) is 5.75 Å². The van der Waals surface area contributed by atoms with Gasteiger partial charge in [-0.3, -0.25) is 4.98 Å². The predicted molar refractivity (Wildman–Crippen MR) is 97.6 cm³/mol. The quantitative estimate of drug-likeness (QED) is 0.284. The molecule has 0 fully saturated rings. The van der Waals surface area contributed by atoms with Crippen molar-refractivity contribution in [1.82, 2.24) is 15.0 Å². The number of ether oxygens (including phenoxy) is 2. The van der Waals surface area contributed by atoms with Gasteiger partial charge in [0, 0.05) is 35.2 Å². The van der Waals surface area contributed by atoms with E-state index in [0.29, 0.717) is 33.2 Å². The number of imidazole rings is 1. The van der Waals surface area contributed by atoms with Crippen LogP contribution in [0.15, 0.2) is 35.6 Å². The van der Waals surface area contributed by atoms with Gasteiger partial charge >= 0.3 is 11.7 Å². The summed E-state index contributed by atoms with van der Waals surface area (Å²) in [5, 5.41) is 0.470. The highest BCUT2D eigenvalue weighted by molar-refractivity contribution is 7.98. The van der Waals surface area contributed by atoms with E-state index in [-0.39, 0.29) is 11.5 Å². The van der Waals surface area contributed by atoms with E-state index in [2.05, 4.69) is 19.7 Å². The summed E-state index contributed by atoms with van der Waals surface area (Å²) < 4.78 is 71.6. The number of thioether (sulfide) groups is 1. The Morgan fingerprint density at radius 3 is 2.62 bits per heavy atom. The Morgan fingerprint density at radius 1 is 1.17 bits per heavy atom. The van der Waals surface area contributed by atoms with Crippen LogP contribution in [0.25, 0.3) is 11.0 Å². The van der Waals surface area contributed by atoms with Gasteiger partial charge in [-0.05, 0) is 25.1 Å². The smallest absolute Gasteiger partial charge is 0.484 e. The summed E-state index contributed by atoms with van der Waals surface area (Å²) in [6.07, 6.45) is -3.07. The molecule has 156 valence electrons. The Balaban J connectivity index is 1.70. The maximum absolute atomic E-state index is 12.7. The zero-order chi connectivity index (χ0) is 21.2. The van der Waals surface area contributed by atoms with E-state index in [1.807, 2.05) is 0 Å². The van der Waals surface area contributed by atoms with Crippen molar-refractivity contribution < 1.29 is 31.4 Å². The number of nitrogens with zero attached hydrogens (tertiary/aromatic N) is 2. The first-order chi connectivity index (χ1) is 13.5. The molecule has 0 aliphatic rings. The minimum atomic E-state index is -4.44. The molecule has 1 aromatic carbocycles. The average Bonchev–Trinajstić information content (AvgIpc) is 2.99. The van der Waals surface area contributed by atoms with E-state index < -0.39 is 18.4 Å². The molecule has 0 radical (unpaired) electrons. The van der Waals surface area contributed by atoms with E-state index in [1.165, 1.54) is 42.2 Å². The van der Waals surface area contributed by atoms with E-state index in [9.17, 15) is 22.0 Å². The van der Waals surface area contributed by atoms with E-state index in [0.717, 1.165) is 0 Å². The normalized spacial score (nSPS) is 12.4. The van der Waals surface area contributed by atoms with Gasteiger partial charge in [-0.15, -0.1) is 8.78 Å². The fourth-order valence-electron chi connectivity index (χ4n) is 2.39. The zero-order valence-corrected chi connectivity index (χ0v) is 16.3. The summed E-state index contributed by atoms with van der Waals surface area (Å²) in [5.74, 6) is 0.267. The largest absolute Gasteiger partial charge is 0.487 e. The molecular formula is C17H13ClF5N3O2S. The molecule has 0 aliphatic heterocycles. The Labute approximate surface area is 170 Å². The Bertz CT molecular complexity index is 1010. The fourth-order valence-corrected chi connectivity index (χ4v) is 3.39. The van der Waals surface area contributed by atoms with Crippen LogP contribution in [0, 0.1) is 6.92 Å². The molecule has 0 unspecified atom stereocenters. The Hall–Kier alpha value is -2.27. The van der Waals surface area contributed by atoms with E-state index in [1.54, 1.807) is 6.92 Å². The van der Waals surface area contributed by atoms with Gasteiger partial charge in [0.1, 0.15) is 11.5 Å². The number of H-pyrrole nitrogens is 1. The summed E-state index contributed by atoms with van der Waals surface area (Å²) in [6, 6.07) is 5.49. The van der Waals surface area contributed by atoms with Crippen LogP contribution in [0.1, 0.15) is 11.3 Å². The summed E-state index contributed by atoms with van der Waals surface area (Å²) in [7, 11) is 0. The molecule has 3 rings (SSSR count). The molecule has 0 saturated carbocycles. The summed E-state index contributed by atoms with van der Waals surface area (Å²) >= 11 is 5.99. The average molecular weight is 454 g/mol. The molecule has 3 aromatic rings. The number of pyridine rings is 1. The molecule has 0 aliphatic carbocycles. The number of fused-ring (bicyclic) bond motifs is 1. The Kier molecular flexibility index (Phi) is 6.08. The zero-order valence-electron chi connectivity index (χ0n) is 14.7. The number of hydrogen-bond acceptors (Lipinski definition) is 5. The number of hydrogen-bond donors (Lipinski definition) is 1. The lowest BCUT2D eigenvalue weighted by Gasteiger charge is -2.13. The van der Waals surface area contributed by atoms with Gasteiger partial charge in [-0.25, -0.2) is 4.98 Å². The number of aromatic amines is 1. The first kappa shape index (κ1) is 21.4. The number of halogens is 6. The molecule has 0 bridgehead atoms. The van der Waals surface area contributed by atoms with Crippen LogP contribution in [-0.4, -0.2) is 33.3 Å². The van der Waals surface area contributed by atoms with E-state index >= 15 is 0 Å². The molecule has 0 saturated heterocycles. The van der Waals surface area contributed by atoms with Crippen molar-refractivity contribution in [3.63, 3.8) is 0 Å². The molecule has 5 nitrogen and oxygen atoms in total. The second-order valence-electron chi connectivity index (χ2n) is 5.84. The number of nitrogens with one attached hydrogen (secondary N) is 1.